The molecule has 2 nitrogen and oxygen atoms in total. The van der Waals surface area contributed by atoms with Gasteiger partial charge in [0.25, 0.3) is 0 Å². The van der Waals surface area contributed by atoms with Crippen molar-refractivity contribution in [3.05, 3.63) is 12.2 Å². The Kier molecular flexibility index (Phi) is 3.23. The normalized spacial score (nSPS) is 10.9. The zero-order chi connectivity index (χ0) is 9.07. The maximum absolute atomic E-state index is 12.1. The molecular formula is C8H13FO2. The van der Waals surface area contributed by atoms with Gasteiger partial charge in [-0.15, -0.1) is 0 Å². The molecule has 0 aliphatic heterocycles. The van der Waals surface area contributed by atoms with Gasteiger partial charge >= 0.3 is 5.97 Å². The molecule has 0 heterocycles. The fourth-order valence-corrected chi connectivity index (χ4v) is 0.365. The number of carbonyl (C=O) groups excluding carboxylic acids is 1. The molecule has 0 amide bonds. The second-order valence-corrected chi connectivity index (χ2v) is 3.06. The van der Waals surface area contributed by atoms with Gasteiger partial charge in [0.2, 0.25) is 0 Å². The molecule has 0 unspecified atom stereocenters. The minimum absolute atomic E-state index is 0.284. The maximum atomic E-state index is 12.1. The minimum atomic E-state index is -1.03. The maximum Gasteiger partial charge on any atom is 0.333 e. The van der Waals surface area contributed by atoms with Crippen LogP contribution in [0.5, 0.6) is 0 Å². The lowest BCUT2D eigenvalue weighted by atomic mass is 10.2. The van der Waals surface area contributed by atoms with Crippen LogP contribution in [0.2, 0.25) is 0 Å². The number of hydrogen-bond donors (Lipinski definition) is 0. The van der Waals surface area contributed by atoms with Crippen LogP contribution in [0.3, 0.4) is 0 Å². The van der Waals surface area contributed by atoms with Crippen molar-refractivity contribution in [2.24, 2.45) is 0 Å². The minimum Gasteiger partial charge on any atom is -0.454 e. The summed E-state index contributed by atoms with van der Waals surface area (Å²) in [7, 11) is 0. The Balaban J connectivity index is 4.04. The Labute approximate surface area is 66.0 Å². The van der Waals surface area contributed by atoms with Crippen LogP contribution < -0.4 is 0 Å². The molecule has 0 bridgehead atoms. The number of ether oxygens (including phenoxy) is 1. The molecule has 0 atom stereocenters. The van der Waals surface area contributed by atoms with Crippen LogP contribution in [0, 0.1) is 0 Å². The summed E-state index contributed by atoms with van der Waals surface area (Å²) >= 11 is 0. The summed E-state index contributed by atoms with van der Waals surface area (Å²) in [5, 5.41) is 0. The van der Waals surface area contributed by atoms with Crippen molar-refractivity contribution in [2.45, 2.75) is 26.4 Å². The third-order valence-electron chi connectivity index (χ3n) is 1.04. The van der Waals surface area contributed by atoms with Crippen LogP contribution in [0.4, 0.5) is 4.39 Å². The van der Waals surface area contributed by atoms with Crippen molar-refractivity contribution >= 4 is 5.97 Å². The SMILES string of the molecule is C=C(C)C(=O)OC(C)(C)CF. The van der Waals surface area contributed by atoms with Crippen molar-refractivity contribution in [2.75, 3.05) is 6.67 Å². The Morgan fingerprint density at radius 2 is 2.09 bits per heavy atom. The molecule has 0 radical (unpaired) electrons. The Morgan fingerprint density at radius 3 is 2.36 bits per heavy atom. The van der Waals surface area contributed by atoms with E-state index < -0.39 is 18.2 Å². The lowest BCUT2D eigenvalue weighted by Gasteiger charge is -2.20. The Bertz CT molecular complexity index is 173. The molecule has 0 spiro atoms. The molecule has 0 saturated carbocycles. The lowest BCUT2D eigenvalue weighted by Crippen LogP contribution is -2.30. The predicted molar refractivity (Wildman–Crippen MR) is 41.0 cm³/mol. The number of rotatable bonds is 3. The average molecular weight is 160 g/mol. The van der Waals surface area contributed by atoms with E-state index in [-0.39, 0.29) is 5.57 Å². The van der Waals surface area contributed by atoms with E-state index in [9.17, 15) is 9.18 Å². The van der Waals surface area contributed by atoms with Gasteiger partial charge in [0.1, 0.15) is 12.3 Å². The first-order valence-corrected chi connectivity index (χ1v) is 3.34. The van der Waals surface area contributed by atoms with Gasteiger partial charge in [-0.1, -0.05) is 6.58 Å². The molecule has 0 fully saturated rings. The first kappa shape index (κ1) is 10.1. The van der Waals surface area contributed by atoms with Gasteiger partial charge in [-0.3, -0.25) is 0 Å². The lowest BCUT2D eigenvalue weighted by molar-refractivity contribution is -0.152. The summed E-state index contributed by atoms with van der Waals surface area (Å²) in [5.41, 5.74) is -0.748. The van der Waals surface area contributed by atoms with Gasteiger partial charge in [-0.25, -0.2) is 9.18 Å². The van der Waals surface area contributed by atoms with Gasteiger partial charge < -0.3 is 4.74 Å². The van der Waals surface area contributed by atoms with Crippen molar-refractivity contribution in [3.8, 4) is 0 Å². The van der Waals surface area contributed by atoms with Crippen molar-refractivity contribution in [1.29, 1.82) is 0 Å². The topological polar surface area (TPSA) is 26.3 Å². The molecule has 11 heavy (non-hydrogen) atoms. The fourth-order valence-electron chi connectivity index (χ4n) is 0.365. The van der Waals surface area contributed by atoms with E-state index in [1.165, 1.54) is 20.8 Å². The molecule has 0 aliphatic rings. The highest BCUT2D eigenvalue weighted by molar-refractivity contribution is 5.87. The molecule has 0 aromatic heterocycles. The van der Waals surface area contributed by atoms with Gasteiger partial charge in [-0.2, -0.15) is 0 Å². The second kappa shape index (κ2) is 3.51. The highest BCUT2D eigenvalue weighted by Gasteiger charge is 2.22. The van der Waals surface area contributed by atoms with Crippen LogP contribution in [-0.4, -0.2) is 18.2 Å². The summed E-state index contributed by atoms with van der Waals surface area (Å²) < 4.78 is 16.8. The molecule has 64 valence electrons. The largest absolute Gasteiger partial charge is 0.454 e. The number of hydrogen-bond acceptors (Lipinski definition) is 2. The Hall–Kier alpha value is -0.860. The average Bonchev–Trinajstić information content (AvgIpc) is 1.87. The molecule has 0 aromatic rings. The third kappa shape index (κ3) is 3.75. The third-order valence-corrected chi connectivity index (χ3v) is 1.04. The summed E-state index contributed by atoms with van der Waals surface area (Å²) in [4.78, 5) is 10.8. The summed E-state index contributed by atoms with van der Waals surface area (Å²) in [6.07, 6.45) is 0. The molecular weight excluding hydrogens is 147 g/mol. The van der Waals surface area contributed by atoms with Crippen LogP contribution in [-0.2, 0) is 9.53 Å². The van der Waals surface area contributed by atoms with E-state index in [1.807, 2.05) is 0 Å². The standard InChI is InChI=1S/C8H13FO2/c1-6(2)7(10)11-8(3,4)5-9/h1,5H2,2-4H3. The Morgan fingerprint density at radius 1 is 1.64 bits per heavy atom. The zero-order valence-electron chi connectivity index (χ0n) is 7.11. The fraction of sp³-hybridized carbons (Fsp3) is 0.625. The summed E-state index contributed by atoms with van der Waals surface area (Å²) in [6.45, 7) is 7.23. The zero-order valence-corrected chi connectivity index (χ0v) is 7.11. The first-order chi connectivity index (χ1) is 4.89. The van der Waals surface area contributed by atoms with E-state index in [0.29, 0.717) is 0 Å². The van der Waals surface area contributed by atoms with Crippen molar-refractivity contribution in [1.82, 2.24) is 0 Å². The van der Waals surface area contributed by atoms with Gasteiger partial charge in [0.05, 0.1) is 0 Å². The number of esters is 1. The van der Waals surface area contributed by atoms with Crippen LogP contribution in [0.25, 0.3) is 0 Å². The van der Waals surface area contributed by atoms with Crippen molar-refractivity contribution in [3.63, 3.8) is 0 Å². The smallest absolute Gasteiger partial charge is 0.333 e. The van der Waals surface area contributed by atoms with E-state index >= 15 is 0 Å². The molecule has 0 saturated heterocycles. The summed E-state index contributed by atoms with van der Waals surface area (Å²) in [5.74, 6) is -0.548. The van der Waals surface area contributed by atoms with E-state index in [0.717, 1.165) is 0 Å². The van der Waals surface area contributed by atoms with Crippen LogP contribution in [0.15, 0.2) is 12.2 Å². The molecule has 0 aromatic carbocycles. The van der Waals surface area contributed by atoms with E-state index in [1.54, 1.807) is 0 Å². The summed E-state index contributed by atoms with van der Waals surface area (Å²) in [6, 6.07) is 0. The number of alkyl halides is 1. The highest BCUT2D eigenvalue weighted by Crippen LogP contribution is 2.11. The number of halogens is 1. The van der Waals surface area contributed by atoms with Gasteiger partial charge in [0, 0.05) is 5.57 Å². The van der Waals surface area contributed by atoms with Crippen LogP contribution >= 0.6 is 0 Å². The predicted octanol–water partition coefficient (Wildman–Crippen LogP) is 1.85. The molecule has 0 rings (SSSR count). The molecule has 0 N–H and O–H groups in total. The quantitative estimate of drug-likeness (QED) is 0.465. The van der Waals surface area contributed by atoms with Crippen LogP contribution in [0.1, 0.15) is 20.8 Å². The van der Waals surface area contributed by atoms with E-state index in [4.69, 9.17) is 4.74 Å². The highest BCUT2D eigenvalue weighted by atomic mass is 19.1. The number of carbonyl (C=O) groups is 1. The monoisotopic (exact) mass is 160 g/mol. The molecule has 0 aliphatic carbocycles. The van der Waals surface area contributed by atoms with E-state index in [2.05, 4.69) is 6.58 Å². The van der Waals surface area contributed by atoms with Gasteiger partial charge in [0.15, 0.2) is 0 Å². The van der Waals surface area contributed by atoms with Crippen molar-refractivity contribution < 1.29 is 13.9 Å². The molecule has 3 heteroatoms. The first-order valence-electron chi connectivity index (χ1n) is 3.34. The van der Waals surface area contributed by atoms with Gasteiger partial charge in [-0.05, 0) is 20.8 Å². The second-order valence-electron chi connectivity index (χ2n) is 3.06.